The average molecular weight is 357 g/mol. The van der Waals surface area contributed by atoms with Crippen molar-refractivity contribution in [3.63, 3.8) is 0 Å². The van der Waals surface area contributed by atoms with Crippen molar-refractivity contribution in [2.75, 3.05) is 20.1 Å². The highest BCUT2D eigenvalue weighted by Crippen LogP contribution is 2.37. The van der Waals surface area contributed by atoms with E-state index in [9.17, 15) is 14.9 Å². The van der Waals surface area contributed by atoms with Gasteiger partial charge in [-0.1, -0.05) is 0 Å². The van der Waals surface area contributed by atoms with Crippen molar-refractivity contribution in [2.45, 2.75) is 46.0 Å². The van der Waals surface area contributed by atoms with Crippen molar-refractivity contribution in [3.8, 4) is 6.07 Å². The van der Waals surface area contributed by atoms with Crippen LogP contribution in [0.3, 0.4) is 0 Å². The molecule has 2 rings (SSSR count). The van der Waals surface area contributed by atoms with E-state index in [0.717, 1.165) is 31.4 Å². The summed E-state index contributed by atoms with van der Waals surface area (Å²) in [6.07, 6.45) is 8.72. The Kier molecular flexibility index (Phi) is 6.30. The Morgan fingerprint density at radius 1 is 1.42 bits per heavy atom. The standard InChI is InChI=1S/C19H27N5O2/c1-18(2,13-20)17(26)24-11-5-8-19(14-24,16(25)21-3)7-4-6-15-12-22-9-10-23-15/h9-10,12H,4-8,11,14H2,1-3H3,(H,21,25). The molecular formula is C19H27N5O2. The second-order valence-corrected chi connectivity index (χ2v) is 7.48. The SMILES string of the molecule is CNC(=O)C1(CCCc2cnccn2)CCCN(C(=O)C(C)(C)C#N)C1. The fraction of sp³-hybridized carbons (Fsp3) is 0.632. The van der Waals surface area contributed by atoms with Crippen LogP contribution in [0.25, 0.3) is 0 Å². The Bertz CT molecular complexity index is 683. The highest BCUT2D eigenvalue weighted by Gasteiger charge is 2.44. The smallest absolute Gasteiger partial charge is 0.242 e. The van der Waals surface area contributed by atoms with Crippen LogP contribution in [-0.4, -0.2) is 46.8 Å². The summed E-state index contributed by atoms with van der Waals surface area (Å²) < 4.78 is 0. The molecule has 0 aromatic carbocycles. The van der Waals surface area contributed by atoms with E-state index in [1.165, 1.54) is 0 Å². The Morgan fingerprint density at radius 3 is 2.81 bits per heavy atom. The summed E-state index contributed by atoms with van der Waals surface area (Å²) in [5.41, 5.74) is -0.796. The normalized spacial score (nSPS) is 20.3. The molecule has 2 heterocycles. The summed E-state index contributed by atoms with van der Waals surface area (Å²) >= 11 is 0. The molecule has 0 spiro atoms. The van der Waals surface area contributed by atoms with Gasteiger partial charge in [0.15, 0.2) is 0 Å². The molecule has 0 bridgehead atoms. The second-order valence-electron chi connectivity index (χ2n) is 7.48. The van der Waals surface area contributed by atoms with Gasteiger partial charge in [-0.25, -0.2) is 0 Å². The first-order valence-corrected chi connectivity index (χ1v) is 9.02. The van der Waals surface area contributed by atoms with Gasteiger partial charge in [0, 0.05) is 38.7 Å². The molecule has 26 heavy (non-hydrogen) atoms. The number of hydrogen-bond donors (Lipinski definition) is 1. The third-order valence-corrected chi connectivity index (χ3v) is 5.09. The van der Waals surface area contributed by atoms with E-state index in [0.29, 0.717) is 19.5 Å². The summed E-state index contributed by atoms with van der Waals surface area (Å²) in [4.78, 5) is 35.4. The van der Waals surface area contributed by atoms with E-state index in [4.69, 9.17) is 0 Å². The molecule has 0 saturated carbocycles. The molecule has 7 heteroatoms. The van der Waals surface area contributed by atoms with Crippen molar-refractivity contribution in [1.29, 1.82) is 5.26 Å². The van der Waals surface area contributed by atoms with Gasteiger partial charge < -0.3 is 10.2 Å². The molecule has 1 N–H and O–H groups in total. The number of hydrogen-bond acceptors (Lipinski definition) is 5. The van der Waals surface area contributed by atoms with Crippen molar-refractivity contribution < 1.29 is 9.59 Å². The lowest BCUT2D eigenvalue weighted by molar-refractivity contribution is -0.146. The number of likely N-dealkylation sites (tertiary alicyclic amines) is 1. The number of aryl methyl sites for hydroxylation is 1. The first-order valence-electron chi connectivity index (χ1n) is 9.02. The maximum absolute atomic E-state index is 12.7. The lowest BCUT2D eigenvalue weighted by Crippen LogP contribution is -2.55. The molecule has 7 nitrogen and oxygen atoms in total. The summed E-state index contributed by atoms with van der Waals surface area (Å²) in [5, 5.41) is 12.0. The van der Waals surface area contributed by atoms with Gasteiger partial charge in [-0.2, -0.15) is 5.26 Å². The number of nitrogens with one attached hydrogen (secondary N) is 1. The highest BCUT2D eigenvalue weighted by atomic mass is 16.2. The third kappa shape index (κ3) is 4.37. The summed E-state index contributed by atoms with van der Waals surface area (Å²) in [6, 6.07) is 2.07. The molecule has 1 fully saturated rings. The van der Waals surface area contributed by atoms with Gasteiger partial charge >= 0.3 is 0 Å². The number of carbonyl (C=O) groups excluding carboxylic acids is 2. The lowest BCUT2D eigenvalue weighted by atomic mass is 9.74. The van der Waals surface area contributed by atoms with E-state index in [1.54, 1.807) is 44.4 Å². The van der Waals surface area contributed by atoms with Gasteiger partial charge in [0.2, 0.25) is 11.8 Å². The topological polar surface area (TPSA) is 99.0 Å². The number of aromatic nitrogens is 2. The largest absolute Gasteiger partial charge is 0.359 e. The molecule has 140 valence electrons. The average Bonchev–Trinajstić information content (AvgIpc) is 2.67. The van der Waals surface area contributed by atoms with Crippen LogP contribution in [0, 0.1) is 22.2 Å². The number of piperidine rings is 1. The van der Waals surface area contributed by atoms with Gasteiger partial charge in [0.05, 0.1) is 17.2 Å². The molecule has 1 unspecified atom stereocenters. The van der Waals surface area contributed by atoms with Crippen LogP contribution in [0.4, 0.5) is 0 Å². The van der Waals surface area contributed by atoms with Crippen LogP contribution in [-0.2, 0) is 16.0 Å². The second kappa shape index (κ2) is 8.26. The molecule has 2 amide bonds. The fourth-order valence-corrected chi connectivity index (χ4v) is 3.58. The third-order valence-electron chi connectivity index (χ3n) is 5.09. The molecule has 0 aliphatic carbocycles. The molecule has 1 aromatic heterocycles. The van der Waals surface area contributed by atoms with Gasteiger partial charge in [0.1, 0.15) is 5.41 Å². The summed E-state index contributed by atoms with van der Waals surface area (Å²) in [5.74, 6) is -0.245. The van der Waals surface area contributed by atoms with E-state index in [2.05, 4.69) is 21.4 Å². The summed E-state index contributed by atoms with van der Waals surface area (Å²) in [7, 11) is 1.63. The molecule has 1 aliphatic heterocycles. The van der Waals surface area contributed by atoms with Crippen LogP contribution in [0.2, 0.25) is 0 Å². The van der Waals surface area contributed by atoms with E-state index >= 15 is 0 Å². The maximum atomic E-state index is 12.7. The van der Waals surface area contributed by atoms with Crippen LogP contribution in [0.15, 0.2) is 18.6 Å². The lowest BCUT2D eigenvalue weighted by Gasteiger charge is -2.43. The molecule has 1 aromatic rings. The molecule has 1 aliphatic rings. The van der Waals surface area contributed by atoms with Crippen molar-refractivity contribution in [1.82, 2.24) is 20.2 Å². The first-order chi connectivity index (χ1) is 12.3. The molecular weight excluding hydrogens is 330 g/mol. The van der Waals surface area contributed by atoms with Crippen LogP contribution in [0.1, 0.15) is 45.2 Å². The maximum Gasteiger partial charge on any atom is 0.242 e. The molecule has 1 saturated heterocycles. The Labute approximate surface area is 154 Å². The van der Waals surface area contributed by atoms with E-state index in [1.807, 2.05) is 0 Å². The zero-order valence-electron chi connectivity index (χ0n) is 15.8. The Balaban J connectivity index is 2.11. The van der Waals surface area contributed by atoms with Gasteiger partial charge in [-0.15, -0.1) is 0 Å². The minimum absolute atomic E-state index is 0.0380. The minimum Gasteiger partial charge on any atom is -0.359 e. The van der Waals surface area contributed by atoms with Gasteiger partial charge in [-0.05, 0) is 46.0 Å². The quantitative estimate of drug-likeness (QED) is 0.835. The number of nitrogens with zero attached hydrogens (tertiary/aromatic N) is 4. The fourth-order valence-electron chi connectivity index (χ4n) is 3.58. The Hall–Kier alpha value is -2.49. The zero-order valence-corrected chi connectivity index (χ0v) is 15.8. The van der Waals surface area contributed by atoms with Gasteiger partial charge in [-0.3, -0.25) is 19.6 Å². The van der Waals surface area contributed by atoms with Crippen molar-refractivity contribution >= 4 is 11.8 Å². The van der Waals surface area contributed by atoms with Crippen molar-refractivity contribution in [2.24, 2.45) is 10.8 Å². The minimum atomic E-state index is -1.08. The number of nitriles is 1. The molecule has 1 atom stereocenters. The van der Waals surface area contributed by atoms with Gasteiger partial charge in [0.25, 0.3) is 0 Å². The first kappa shape index (κ1) is 19.8. The molecule has 0 radical (unpaired) electrons. The monoisotopic (exact) mass is 357 g/mol. The Morgan fingerprint density at radius 2 is 2.19 bits per heavy atom. The number of rotatable bonds is 6. The zero-order chi connectivity index (χ0) is 19.2. The van der Waals surface area contributed by atoms with Crippen molar-refractivity contribution in [3.05, 3.63) is 24.3 Å². The number of carbonyl (C=O) groups is 2. The van der Waals surface area contributed by atoms with Crippen LogP contribution < -0.4 is 5.32 Å². The predicted molar refractivity (Wildman–Crippen MR) is 96.7 cm³/mol. The predicted octanol–water partition coefficient (Wildman–Crippen LogP) is 1.70. The summed E-state index contributed by atoms with van der Waals surface area (Å²) in [6.45, 7) is 4.20. The van der Waals surface area contributed by atoms with Crippen LogP contribution >= 0.6 is 0 Å². The van der Waals surface area contributed by atoms with E-state index < -0.39 is 10.8 Å². The van der Waals surface area contributed by atoms with Crippen LogP contribution in [0.5, 0.6) is 0 Å². The highest BCUT2D eigenvalue weighted by molar-refractivity contribution is 5.87. The van der Waals surface area contributed by atoms with E-state index in [-0.39, 0.29) is 11.8 Å². The number of amides is 2.